The van der Waals surface area contributed by atoms with Crippen LogP contribution in [0.2, 0.25) is 0 Å². The van der Waals surface area contributed by atoms with Crippen molar-refractivity contribution in [1.82, 2.24) is 10.6 Å². The highest BCUT2D eigenvalue weighted by atomic mass is 16.5. The van der Waals surface area contributed by atoms with Gasteiger partial charge in [-0.2, -0.15) is 0 Å². The Morgan fingerprint density at radius 3 is 2.45 bits per heavy atom. The minimum Gasteiger partial charge on any atom is -0.480 e. The Kier molecular flexibility index (Phi) is 10.8. The highest BCUT2D eigenvalue weighted by Gasteiger charge is 2.18. The molecule has 0 saturated heterocycles. The molecule has 0 heterocycles. The van der Waals surface area contributed by atoms with Crippen LogP contribution in [0.3, 0.4) is 0 Å². The van der Waals surface area contributed by atoms with Gasteiger partial charge >= 0.3 is 12.0 Å². The SMILES string of the molecule is CCCCC(NC(=O)NCCCCOC(C)C)C(=O)O. The molecule has 0 bridgehead atoms. The van der Waals surface area contributed by atoms with Crippen LogP contribution in [0.4, 0.5) is 4.79 Å². The van der Waals surface area contributed by atoms with Crippen LogP contribution in [-0.2, 0) is 9.53 Å². The van der Waals surface area contributed by atoms with E-state index in [1.165, 1.54) is 0 Å². The maximum Gasteiger partial charge on any atom is 0.326 e. The largest absolute Gasteiger partial charge is 0.480 e. The Morgan fingerprint density at radius 1 is 1.20 bits per heavy atom. The molecule has 0 spiro atoms. The average molecular weight is 288 g/mol. The topological polar surface area (TPSA) is 87.7 Å². The molecule has 118 valence electrons. The summed E-state index contributed by atoms with van der Waals surface area (Å²) in [5, 5.41) is 14.1. The Hall–Kier alpha value is -1.30. The molecule has 0 rings (SSSR count). The van der Waals surface area contributed by atoms with Crippen molar-refractivity contribution in [2.75, 3.05) is 13.2 Å². The van der Waals surface area contributed by atoms with E-state index in [2.05, 4.69) is 10.6 Å². The number of nitrogens with one attached hydrogen (secondary N) is 2. The Labute approximate surface area is 121 Å². The molecule has 0 aliphatic heterocycles. The zero-order valence-electron chi connectivity index (χ0n) is 12.8. The Bertz CT molecular complexity index is 282. The molecule has 0 fully saturated rings. The molecular weight excluding hydrogens is 260 g/mol. The van der Waals surface area contributed by atoms with Crippen LogP contribution in [0.1, 0.15) is 52.9 Å². The van der Waals surface area contributed by atoms with Gasteiger partial charge in [0.1, 0.15) is 6.04 Å². The van der Waals surface area contributed by atoms with Gasteiger partial charge in [-0.3, -0.25) is 0 Å². The molecule has 1 atom stereocenters. The minimum atomic E-state index is -0.987. The second-order valence-electron chi connectivity index (χ2n) is 5.06. The summed E-state index contributed by atoms with van der Waals surface area (Å²) in [6.45, 7) is 7.14. The van der Waals surface area contributed by atoms with Gasteiger partial charge in [0, 0.05) is 13.2 Å². The van der Waals surface area contributed by atoms with Crippen LogP contribution in [0.5, 0.6) is 0 Å². The first-order chi connectivity index (χ1) is 9.47. The summed E-state index contributed by atoms with van der Waals surface area (Å²) in [5.41, 5.74) is 0. The van der Waals surface area contributed by atoms with Crippen molar-refractivity contribution >= 4 is 12.0 Å². The molecule has 0 aliphatic rings. The number of carboxylic acid groups (broad SMARTS) is 1. The number of hydrogen-bond acceptors (Lipinski definition) is 3. The number of carboxylic acids is 1. The van der Waals surface area contributed by atoms with Crippen molar-refractivity contribution < 1.29 is 19.4 Å². The lowest BCUT2D eigenvalue weighted by Crippen LogP contribution is -2.46. The van der Waals surface area contributed by atoms with Crippen LogP contribution in [0, 0.1) is 0 Å². The van der Waals surface area contributed by atoms with Crippen molar-refractivity contribution in [3.05, 3.63) is 0 Å². The van der Waals surface area contributed by atoms with Crippen molar-refractivity contribution in [3.8, 4) is 0 Å². The van der Waals surface area contributed by atoms with Crippen molar-refractivity contribution in [1.29, 1.82) is 0 Å². The fraction of sp³-hybridized carbons (Fsp3) is 0.857. The standard InChI is InChI=1S/C14H28N2O4/c1-4-5-8-12(13(17)18)16-14(19)15-9-6-7-10-20-11(2)3/h11-12H,4-10H2,1-3H3,(H,17,18)(H2,15,16,19). The van der Waals surface area contributed by atoms with Crippen LogP contribution in [0.25, 0.3) is 0 Å². The van der Waals surface area contributed by atoms with Crippen LogP contribution in [-0.4, -0.2) is 42.4 Å². The van der Waals surface area contributed by atoms with Gasteiger partial charge in [-0.15, -0.1) is 0 Å². The highest BCUT2D eigenvalue weighted by molar-refractivity contribution is 5.82. The fourth-order valence-corrected chi connectivity index (χ4v) is 1.62. The van der Waals surface area contributed by atoms with E-state index in [-0.39, 0.29) is 6.10 Å². The highest BCUT2D eigenvalue weighted by Crippen LogP contribution is 2.00. The number of hydrogen-bond donors (Lipinski definition) is 3. The number of ether oxygens (including phenoxy) is 1. The summed E-state index contributed by atoms with van der Waals surface area (Å²) in [5.74, 6) is -0.987. The first-order valence-corrected chi connectivity index (χ1v) is 7.36. The number of carbonyl (C=O) groups excluding carboxylic acids is 1. The lowest BCUT2D eigenvalue weighted by Gasteiger charge is -2.14. The number of unbranched alkanes of at least 4 members (excludes halogenated alkanes) is 2. The number of aliphatic carboxylic acids is 1. The van der Waals surface area contributed by atoms with E-state index in [4.69, 9.17) is 9.84 Å². The maximum atomic E-state index is 11.5. The normalized spacial score (nSPS) is 12.2. The van der Waals surface area contributed by atoms with Crippen molar-refractivity contribution in [2.45, 2.75) is 65.0 Å². The minimum absolute atomic E-state index is 0.223. The quantitative estimate of drug-likeness (QED) is 0.508. The summed E-state index contributed by atoms with van der Waals surface area (Å²) >= 11 is 0. The Balaban J connectivity index is 3.71. The van der Waals surface area contributed by atoms with E-state index in [0.29, 0.717) is 19.6 Å². The molecule has 0 radical (unpaired) electrons. The molecule has 2 amide bonds. The van der Waals surface area contributed by atoms with Crippen molar-refractivity contribution in [3.63, 3.8) is 0 Å². The molecule has 0 aliphatic carbocycles. The number of carbonyl (C=O) groups is 2. The predicted molar refractivity (Wildman–Crippen MR) is 77.8 cm³/mol. The second kappa shape index (κ2) is 11.5. The van der Waals surface area contributed by atoms with Gasteiger partial charge in [0.25, 0.3) is 0 Å². The third kappa shape index (κ3) is 10.6. The van der Waals surface area contributed by atoms with E-state index < -0.39 is 18.0 Å². The van der Waals surface area contributed by atoms with Gasteiger partial charge in [-0.1, -0.05) is 19.8 Å². The van der Waals surface area contributed by atoms with Crippen molar-refractivity contribution in [2.24, 2.45) is 0 Å². The molecule has 0 aromatic rings. The number of rotatable bonds is 11. The van der Waals surface area contributed by atoms with Crippen LogP contribution >= 0.6 is 0 Å². The molecule has 6 nitrogen and oxygen atoms in total. The monoisotopic (exact) mass is 288 g/mol. The van der Waals surface area contributed by atoms with Crippen LogP contribution in [0.15, 0.2) is 0 Å². The third-order valence-electron chi connectivity index (χ3n) is 2.76. The van der Waals surface area contributed by atoms with E-state index in [0.717, 1.165) is 25.7 Å². The fourth-order valence-electron chi connectivity index (χ4n) is 1.62. The zero-order chi connectivity index (χ0) is 15.4. The molecular formula is C14H28N2O4. The maximum absolute atomic E-state index is 11.5. The summed E-state index contributed by atoms with van der Waals surface area (Å²) < 4.78 is 5.38. The molecule has 0 saturated carbocycles. The predicted octanol–water partition coefficient (Wildman–Crippen LogP) is 2.13. The molecule has 0 aromatic heterocycles. The van der Waals surface area contributed by atoms with Gasteiger partial charge in [0.15, 0.2) is 0 Å². The van der Waals surface area contributed by atoms with E-state index >= 15 is 0 Å². The van der Waals surface area contributed by atoms with E-state index in [1.54, 1.807) is 0 Å². The summed E-state index contributed by atoms with van der Waals surface area (Å²) in [7, 11) is 0. The van der Waals surface area contributed by atoms with Crippen LogP contribution < -0.4 is 10.6 Å². The summed E-state index contributed by atoms with van der Waals surface area (Å²) in [4.78, 5) is 22.5. The Morgan fingerprint density at radius 2 is 1.90 bits per heavy atom. The first kappa shape index (κ1) is 18.7. The number of amides is 2. The average Bonchev–Trinajstić information content (AvgIpc) is 2.37. The number of urea groups is 1. The molecule has 1 unspecified atom stereocenters. The molecule has 3 N–H and O–H groups in total. The summed E-state index contributed by atoms with van der Waals surface area (Å²) in [6.07, 6.45) is 4.05. The molecule has 20 heavy (non-hydrogen) atoms. The third-order valence-corrected chi connectivity index (χ3v) is 2.76. The lowest BCUT2D eigenvalue weighted by atomic mass is 10.1. The zero-order valence-corrected chi connectivity index (χ0v) is 12.8. The second-order valence-corrected chi connectivity index (χ2v) is 5.06. The van der Waals surface area contributed by atoms with Gasteiger partial charge in [-0.25, -0.2) is 9.59 Å². The van der Waals surface area contributed by atoms with Gasteiger partial charge in [0.2, 0.25) is 0 Å². The van der Waals surface area contributed by atoms with Gasteiger partial charge < -0.3 is 20.5 Å². The van der Waals surface area contributed by atoms with E-state index in [1.807, 2.05) is 20.8 Å². The molecule has 0 aromatic carbocycles. The lowest BCUT2D eigenvalue weighted by molar-refractivity contribution is -0.139. The first-order valence-electron chi connectivity index (χ1n) is 7.36. The molecule has 6 heteroatoms. The smallest absolute Gasteiger partial charge is 0.326 e. The van der Waals surface area contributed by atoms with Gasteiger partial charge in [-0.05, 0) is 33.1 Å². The van der Waals surface area contributed by atoms with E-state index in [9.17, 15) is 9.59 Å². The van der Waals surface area contributed by atoms with Gasteiger partial charge in [0.05, 0.1) is 6.10 Å². The summed E-state index contributed by atoms with van der Waals surface area (Å²) in [6, 6.07) is -1.22.